The molecule has 96 valence electrons. The molecule has 1 heterocycles. The van der Waals surface area contributed by atoms with Gasteiger partial charge in [-0.2, -0.15) is 0 Å². The van der Waals surface area contributed by atoms with Crippen LogP contribution in [0.3, 0.4) is 0 Å². The zero-order valence-corrected chi connectivity index (χ0v) is 12.7. The molecular weight excluding hydrogens is 300 g/mol. The minimum atomic E-state index is 0.124. The monoisotopic (exact) mass is 318 g/mol. The Labute approximate surface area is 115 Å². The maximum absolute atomic E-state index is 11.8. The standard InChI is InChI=1S/C12H19BrN2OS/c1-9(8-14)15(2)12(16)5-3-4-10-6-7-11(13)17-10/h6-7,9H,3-5,8,14H2,1-2H3. The largest absolute Gasteiger partial charge is 0.342 e. The number of hydrogen-bond acceptors (Lipinski definition) is 3. The molecule has 0 aliphatic rings. The van der Waals surface area contributed by atoms with Gasteiger partial charge in [-0.25, -0.2) is 0 Å². The number of halogens is 1. The van der Waals surface area contributed by atoms with Crippen LogP contribution in [0.1, 0.15) is 24.6 Å². The van der Waals surface area contributed by atoms with Gasteiger partial charge in [0.2, 0.25) is 5.91 Å². The summed E-state index contributed by atoms with van der Waals surface area (Å²) in [6, 6.07) is 4.27. The normalized spacial score (nSPS) is 12.5. The second-order valence-corrected chi connectivity index (χ2v) is 6.70. The number of amides is 1. The summed E-state index contributed by atoms with van der Waals surface area (Å²) < 4.78 is 1.15. The van der Waals surface area contributed by atoms with Crippen molar-refractivity contribution in [2.24, 2.45) is 5.73 Å². The molecule has 1 rings (SSSR count). The van der Waals surface area contributed by atoms with Crippen LogP contribution in [0.25, 0.3) is 0 Å². The second kappa shape index (κ2) is 7.13. The van der Waals surface area contributed by atoms with E-state index in [4.69, 9.17) is 5.73 Å². The summed E-state index contributed by atoms with van der Waals surface area (Å²) in [5, 5.41) is 0. The summed E-state index contributed by atoms with van der Waals surface area (Å²) in [4.78, 5) is 14.9. The van der Waals surface area contributed by atoms with Crippen molar-refractivity contribution in [1.29, 1.82) is 0 Å². The molecule has 1 aromatic heterocycles. The second-order valence-electron chi connectivity index (χ2n) is 4.15. The van der Waals surface area contributed by atoms with E-state index in [0.717, 1.165) is 16.6 Å². The van der Waals surface area contributed by atoms with E-state index < -0.39 is 0 Å². The summed E-state index contributed by atoms with van der Waals surface area (Å²) >= 11 is 5.16. The van der Waals surface area contributed by atoms with Crippen molar-refractivity contribution in [1.82, 2.24) is 4.90 Å². The highest BCUT2D eigenvalue weighted by molar-refractivity contribution is 9.11. The number of aryl methyl sites for hydroxylation is 1. The zero-order valence-electron chi connectivity index (χ0n) is 10.3. The van der Waals surface area contributed by atoms with Gasteiger partial charge < -0.3 is 10.6 Å². The van der Waals surface area contributed by atoms with Crippen molar-refractivity contribution >= 4 is 33.2 Å². The minimum absolute atomic E-state index is 0.124. The predicted octanol–water partition coefficient (Wildman–Crippen LogP) is 2.64. The number of nitrogens with zero attached hydrogens (tertiary/aromatic N) is 1. The predicted molar refractivity (Wildman–Crippen MR) is 76.2 cm³/mol. The first-order valence-corrected chi connectivity index (χ1v) is 7.35. The quantitative estimate of drug-likeness (QED) is 0.876. The van der Waals surface area contributed by atoms with Crippen molar-refractivity contribution in [2.45, 2.75) is 32.2 Å². The number of carbonyl (C=O) groups excluding carboxylic acids is 1. The van der Waals surface area contributed by atoms with E-state index in [1.54, 1.807) is 16.2 Å². The number of thiophene rings is 1. The maximum Gasteiger partial charge on any atom is 0.222 e. The minimum Gasteiger partial charge on any atom is -0.342 e. The van der Waals surface area contributed by atoms with Gasteiger partial charge in [-0.3, -0.25) is 4.79 Å². The molecule has 0 spiro atoms. The molecule has 1 aromatic rings. The van der Waals surface area contributed by atoms with Gasteiger partial charge in [0.05, 0.1) is 3.79 Å². The lowest BCUT2D eigenvalue weighted by Crippen LogP contribution is -2.39. The van der Waals surface area contributed by atoms with E-state index in [2.05, 4.69) is 22.0 Å². The third-order valence-corrected chi connectivity index (χ3v) is 4.52. The molecule has 0 fully saturated rings. The third kappa shape index (κ3) is 4.77. The van der Waals surface area contributed by atoms with E-state index in [0.29, 0.717) is 13.0 Å². The van der Waals surface area contributed by atoms with Crippen molar-refractivity contribution in [3.05, 3.63) is 20.8 Å². The van der Waals surface area contributed by atoms with Crippen LogP contribution in [0, 0.1) is 0 Å². The first-order valence-electron chi connectivity index (χ1n) is 5.74. The van der Waals surface area contributed by atoms with E-state index in [9.17, 15) is 4.79 Å². The lowest BCUT2D eigenvalue weighted by molar-refractivity contribution is -0.131. The van der Waals surface area contributed by atoms with E-state index in [1.807, 2.05) is 20.0 Å². The highest BCUT2D eigenvalue weighted by Gasteiger charge is 2.13. The Morgan fingerprint density at radius 3 is 2.82 bits per heavy atom. The lowest BCUT2D eigenvalue weighted by Gasteiger charge is -2.23. The smallest absolute Gasteiger partial charge is 0.222 e. The highest BCUT2D eigenvalue weighted by atomic mass is 79.9. The number of carbonyl (C=O) groups is 1. The molecule has 1 unspecified atom stereocenters. The molecule has 1 atom stereocenters. The zero-order chi connectivity index (χ0) is 12.8. The molecule has 17 heavy (non-hydrogen) atoms. The fourth-order valence-electron chi connectivity index (χ4n) is 1.48. The van der Waals surface area contributed by atoms with Crippen LogP contribution in [0.2, 0.25) is 0 Å². The van der Waals surface area contributed by atoms with Crippen LogP contribution >= 0.6 is 27.3 Å². The van der Waals surface area contributed by atoms with Gasteiger partial charge in [-0.1, -0.05) is 0 Å². The molecule has 0 saturated carbocycles. The summed E-state index contributed by atoms with van der Waals surface area (Å²) in [6.07, 6.45) is 2.45. The Bertz CT molecular complexity index is 367. The molecule has 2 N–H and O–H groups in total. The number of likely N-dealkylation sites (N-methyl/N-ethyl adjacent to an activating group) is 1. The molecule has 0 radical (unpaired) electrons. The molecule has 5 heteroatoms. The molecule has 0 saturated heterocycles. The van der Waals surface area contributed by atoms with Gasteiger partial charge in [0.1, 0.15) is 0 Å². The van der Waals surface area contributed by atoms with E-state index >= 15 is 0 Å². The lowest BCUT2D eigenvalue weighted by atomic mass is 10.2. The summed E-state index contributed by atoms with van der Waals surface area (Å²) in [7, 11) is 1.82. The molecule has 0 aliphatic heterocycles. The summed E-state index contributed by atoms with van der Waals surface area (Å²) in [6.45, 7) is 2.48. The third-order valence-electron chi connectivity index (χ3n) is 2.84. The van der Waals surface area contributed by atoms with Crippen LogP contribution in [-0.4, -0.2) is 30.4 Å². The average Bonchev–Trinajstić information content (AvgIpc) is 2.72. The molecule has 3 nitrogen and oxygen atoms in total. The SMILES string of the molecule is CC(CN)N(C)C(=O)CCCc1ccc(Br)s1. The van der Waals surface area contributed by atoms with Crippen LogP contribution in [0.4, 0.5) is 0 Å². The fraction of sp³-hybridized carbons (Fsp3) is 0.583. The van der Waals surface area contributed by atoms with Crippen molar-refractivity contribution in [3.63, 3.8) is 0 Å². The Hall–Kier alpha value is -0.390. The van der Waals surface area contributed by atoms with E-state index in [-0.39, 0.29) is 11.9 Å². The van der Waals surface area contributed by atoms with Crippen LogP contribution in [0.15, 0.2) is 15.9 Å². The Morgan fingerprint density at radius 1 is 1.59 bits per heavy atom. The van der Waals surface area contributed by atoms with Gasteiger partial charge in [0, 0.05) is 30.9 Å². The van der Waals surface area contributed by atoms with Crippen LogP contribution in [0.5, 0.6) is 0 Å². The number of rotatable bonds is 6. The van der Waals surface area contributed by atoms with Gasteiger partial charge >= 0.3 is 0 Å². The first kappa shape index (κ1) is 14.7. The highest BCUT2D eigenvalue weighted by Crippen LogP contribution is 2.23. The maximum atomic E-state index is 11.8. The van der Waals surface area contributed by atoms with E-state index in [1.165, 1.54) is 4.88 Å². The number of hydrogen-bond donors (Lipinski definition) is 1. The van der Waals surface area contributed by atoms with Crippen LogP contribution < -0.4 is 5.73 Å². The van der Waals surface area contributed by atoms with Gasteiger partial charge in [-0.15, -0.1) is 11.3 Å². The summed E-state index contributed by atoms with van der Waals surface area (Å²) in [5.41, 5.74) is 5.54. The molecule has 0 bridgehead atoms. The Kier molecular flexibility index (Phi) is 6.16. The fourth-order valence-corrected chi connectivity index (χ4v) is 3.01. The Morgan fingerprint density at radius 2 is 2.29 bits per heavy atom. The van der Waals surface area contributed by atoms with Crippen molar-refractivity contribution in [3.8, 4) is 0 Å². The van der Waals surface area contributed by atoms with Gasteiger partial charge in [0.15, 0.2) is 0 Å². The van der Waals surface area contributed by atoms with Crippen LogP contribution in [-0.2, 0) is 11.2 Å². The van der Waals surface area contributed by atoms with Gasteiger partial charge in [0.25, 0.3) is 0 Å². The average molecular weight is 319 g/mol. The molecule has 1 amide bonds. The first-order chi connectivity index (χ1) is 8.04. The summed E-state index contributed by atoms with van der Waals surface area (Å²) in [5.74, 6) is 0.179. The topological polar surface area (TPSA) is 46.3 Å². The number of nitrogens with two attached hydrogens (primary N) is 1. The molecule has 0 aromatic carbocycles. The molecular formula is C12H19BrN2OS. The van der Waals surface area contributed by atoms with Gasteiger partial charge in [-0.05, 0) is 47.8 Å². The molecule has 0 aliphatic carbocycles. The van der Waals surface area contributed by atoms with Crippen molar-refractivity contribution < 1.29 is 4.79 Å². The Balaban J connectivity index is 2.29. The van der Waals surface area contributed by atoms with Crippen molar-refractivity contribution in [2.75, 3.05) is 13.6 Å².